The standard InChI is InChI=1S/C9H15N3O/c1-6(10)5-12-8(3)11-7(2)4-9(12)13/h4,6H,5,10H2,1-3H3/t6-/m0/s1. The van der Waals surface area contributed by atoms with E-state index in [2.05, 4.69) is 4.98 Å². The first-order valence-electron chi connectivity index (χ1n) is 4.31. The van der Waals surface area contributed by atoms with Crippen molar-refractivity contribution in [3.05, 3.63) is 27.9 Å². The van der Waals surface area contributed by atoms with E-state index in [-0.39, 0.29) is 11.6 Å². The molecule has 0 aliphatic rings. The van der Waals surface area contributed by atoms with Crippen LogP contribution in [0.15, 0.2) is 10.9 Å². The summed E-state index contributed by atoms with van der Waals surface area (Å²) < 4.78 is 1.59. The van der Waals surface area contributed by atoms with Gasteiger partial charge in [-0.15, -0.1) is 0 Å². The lowest BCUT2D eigenvalue weighted by atomic mass is 10.3. The van der Waals surface area contributed by atoms with Crippen molar-refractivity contribution in [1.82, 2.24) is 9.55 Å². The molecule has 0 spiro atoms. The molecule has 0 saturated carbocycles. The lowest BCUT2D eigenvalue weighted by Gasteiger charge is -2.11. The number of aryl methyl sites for hydroxylation is 2. The summed E-state index contributed by atoms with van der Waals surface area (Å²) in [5.74, 6) is 0.724. The predicted molar refractivity (Wildman–Crippen MR) is 51.6 cm³/mol. The number of hydrogen-bond acceptors (Lipinski definition) is 3. The van der Waals surface area contributed by atoms with Crippen LogP contribution in [0.3, 0.4) is 0 Å². The quantitative estimate of drug-likeness (QED) is 0.709. The minimum absolute atomic E-state index is 0.0256. The monoisotopic (exact) mass is 181 g/mol. The molecule has 1 rings (SSSR count). The van der Waals surface area contributed by atoms with E-state index in [4.69, 9.17) is 5.73 Å². The third-order valence-corrected chi connectivity index (χ3v) is 1.80. The van der Waals surface area contributed by atoms with Gasteiger partial charge in [0.05, 0.1) is 0 Å². The van der Waals surface area contributed by atoms with E-state index in [1.807, 2.05) is 20.8 Å². The molecule has 13 heavy (non-hydrogen) atoms. The molecular formula is C9H15N3O. The molecule has 0 amide bonds. The van der Waals surface area contributed by atoms with Gasteiger partial charge in [-0.25, -0.2) is 4.98 Å². The second-order valence-corrected chi connectivity index (χ2v) is 3.37. The molecular weight excluding hydrogens is 166 g/mol. The van der Waals surface area contributed by atoms with E-state index in [0.29, 0.717) is 6.54 Å². The van der Waals surface area contributed by atoms with Crippen LogP contribution in [0.25, 0.3) is 0 Å². The maximum Gasteiger partial charge on any atom is 0.253 e. The fraction of sp³-hybridized carbons (Fsp3) is 0.556. The molecule has 4 nitrogen and oxygen atoms in total. The second-order valence-electron chi connectivity index (χ2n) is 3.37. The Morgan fingerprint density at radius 3 is 2.69 bits per heavy atom. The highest BCUT2D eigenvalue weighted by molar-refractivity contribution is 5.01. The average Bonchev–Trinajstić information content (AvgIpc) is 1.96. The minimum atomic E-state index is -0.0269. The first-order chi connectivity index (χ1) is 6.00. The molecule has 0 aromatic carbocycles. The zero-order valence-electron chi connectivity index (χ0n) is 8.24. The largest absolute Gasteiger partial charge is 0.326 e. The van der Waals surface area contributed by atoms with E-state index in [0.717, 1.165) is 11.5 Å². The van der Waals surface area contributed by atoms with Gasteiger partial charge in [-0.1, -0.05) is 0 Å². The maximum absolute atomic E-state index is 11.5. The number of rotatable bonds is 2. The first kappa shape index (κ1) is 9.92. The molecule has 0 bridgehead atoms. The number of aromatic nitrogens is 2. The summed E-state index contributed by atoms with van der Waals surface area (Å²) in [7, 11) is 0. The molecule has 0 aliphatic heterocycles. The molecule has 72 valence electrons. The highest BCUT2D eigenvalue weighted by Gasteiger charge is 2.04. The van der Waals surface area contributed by atoms with Crippen LogP contribution in [0.1, 0.15) is 18.4 Å². The average molecular weight is 181 g/mol. The fourth-order valence-electron chi connectivity index (χ4n) is 1.27. The number of nitrogens with zero attached hydrogens (tertiary/aromatic N) is 2. The zero-order valence-corrected chi connectivity index (χ0v) is 8.24. The lowest BCUT2D eigenvalue weighted by molar-refractivity contribution is 0.549. The van der Waals surface area contributed by atoms with Gasteiger partial charge < -0.3 is 5.73 Å². The van der Waals surface area contributed by atoms with Gasteiger partial charge in [0.25, 0.3) is 5.56 Å². The molecule has 1 atom stereocenters. The summed E-state index contributed by atoms with van der Waals surface area (Å²) in [6, 6.07) is 1.50. The first-order valence-corrected chi connectivity index (χ1v) is 4.31. The lowest BCUT2D eigenvalue weighted by Crippen LogP contribution is -2.31. The molecule has 1 heterocycles. The van der Waals surface area contributed by atoms with E-state index >= 15 is 0 Å². The van der Waals surface area contributed by atoms with Gasteiger partial charge in [0, 0.05) is 24.3 Å². The van der Waals surface area contributed by atoms with E-state index in [1.165, 1.54) is 6.07 Å². The van der Waals surface area contributed by atoms with Crippen molar-refractivity contribution in [3.8, 4) is 0 Å². The maximum atomic E-state index is 11.5. The molecule has 2 N–H and O–H groups in total. The number of hydrogen-bond donors (Lipinski definition) is 1. The van der Waals surface area contributed by atoms with Crippen LogP contribution in [-0.4, -0.2) is 15.6 Å². The molecule has 0 saturated heterocycles. The summed E-state index contributed by atoms with van der Waals surface area (Å²) in [5.41, 5.74) is 6.34. The smallest absolute Gasteiger partial charge is 0.253 e. The molecule has 0 radical (unpaired) electrons. The van der Waals surface area contributed by atoms with Crippen molar-refractivity contribution in [3.63, 3.8) is 0 Å². The Labute approximate surface area is 77.4 Å². The number of nitrogens with two attached hydrogens (primary N) is 1. The summed E-state index contributed by atoms with van der Waals surface area (Å²) in [6.07, 6.45) is 0. The molecule has 0 unspecified atom stereocenters. The van der Waals surface area contributed by atoms with Crippen LogP contribution in [-0.2, 0) is 6.54 Å². The molecule has 0 fully saturated rings. The zero-order chi connectivity index (χ0) is 10.0. The normalized spacial score (nSPS) is 12.9. The SMILES string of the molecule is Cc1cc(=O)n(C[C@H](C)N)c(C)n1. The van der Waals surface area contributed by atoms with Crippen molar-refractivity contribution >= 4 is 0 Å². The highest BCUT2D eigenvalue weighted by Crippen LogP contribution is 1.94. The van der Waals surface area contributed by atoms with Crippen molar-refractivity contribution in [1.29, 1.82) is 0 Å². The third kappa shape index (κ3) is 2.39. The van der Waals surface area contributed by atoms with E-state index in [9.17, 15) is 4.79 Å². The van der Waals surface area contributed by atoms with Crippen LogP contribution in [0.5, 0.6) is 0 Å². The van der Waals surface area contributed by atoms with Crippen LogP contribution < -0.4 is 11.3 Å². The minimum Gasteiger partial charge on any atom is -0.326 e. The summed E-state index contributed by atoms with van der Waals surface area (Å²) in [5, 5.41) is 0. The van der Waals surface area contributed by atoms with Crippen LogP contribution in [0, 0.1) is 13.8 Å². The highest BCUT2D eigenvalue weighted by atomic mass is 16.1. The molecule has 1 aromatic rings. The van der Waals surface area contributed by atoms with Gasteiger partial charge in [-0.3, -0.25) is 9.36 Å². The van der Waals surface area contributed by atoms with Gasteiger partial charge in [-0.05, 0) is 20.8 Å². The Kier molecular flexibility index (Phi) is 2.83. The van der Waals surface area contributed by atoms with E-state index < -0.39 is 0 Å². The van der Waals surface area contributed by atoms with Crippen LogP contribution in [0.4, 0.5) is 0 Å². The van der Waals surface area contributed by atoms with Crippen molar-refractivity contribution in [2.24, 2.45) is 5.73 Å². The van der Waals surface area contributed by atoms with Gasteiger partial charge >= 0.3 is 0 Å². The van der Waals surface area contributed by atoms with Gasteiger partial charge in [0.1, 0.15) is 5.82 Å². The topological polar surface area (TPSA) is 60.9 Å². The fourth-order valence-corrected chi connectivity index (χ4v) is 1.27. The summed E-state index contributed by atoms with van der Waals surface area (Å²) in [6.45, 7) is 6.02. The summed E-state index contributed by atoms with van der Waals surface area (Å²) in [4.78, 5) is 15.7. The van der Waals surface area contributed by atoms with Crippen molar-refractivity contribution in [2.45, 2.75) is 33.4 Å². The predicted octanol–water partition coefficient (Wildman–Crippen LogP) is 0.207. The van der Waals surface area contributed by atoms with Crippen molar-refractivity contribution in [2.75, 3.05) is 0 Å². The Hall–Kier alpha value is -1.16. The Morgan fingerprint density at radius 2 is 2.23 bits per heavy atom. The van der Waals surface area contributed by atoms with Crippen LogP contribution in [0.2, 0.25) is 0 Å². The van der Waals surface area contributed by atoms with E-state index in [1.54, 1.807) is 4.57 Å². The van der Waals surface area contributed by atoms with Gasteiger partial charge in [0.2, 0.25) is 0 Å². The Balaban J connectivity index is 3.14. The van der Waals surface area contributed by atoms with Crippen molar-refractivity contribution < 1.29 is 0 Å². The molecule has 0 aliphatic carbocycles. The van der Waals surface area contributed by atoms with Gasteiger partial charge in [0.15, 0.2) is 0 Å². The summed E-state index contributed by atoms with van der Waals surface area (Å²) >= 11 is 0. The van der Waals surface area contributed by atoms with Gasteiger partial charge in [-0.2, -0.15) is 0 Å². The third-order valence-electron chi connectivity index (χ3n) is 1.80. The molecule has 1 aromatic heterocycles. The molecule has 4 heteroatoms. The Bertz CT molecular complexity index is 354. The second kappa shape index (κ2) is 3.70. The van der Waals surface area contributed by atoms with Crippen LogP contribution >= 0.6 is 0 Å². The Morgan fingerprint density at radius 1 is 1.62 bits per heavy atom.